The van der Waals surface area contributed by atoms with Crippen LogP contribution in [0.25, 0.3) is 0 Å². The van der Waals surface area contributed by atoms with E-state index in [1.54, 1.807) is 0 Å². The maximum Gasteiger partial charge on any atom is 0.472 e. The molecule has 0 saturated carbocycles. The fraction of sp³-hybridized carbons (Fsp3) is 0.900. The molecule has 0 aliphatic heterocycles. The van der Waals surface area contributed by atoms with E-state index < -0.39 is 32.0 Å². The van der Waals surface area contributed by atoms with Crippen LogP contribution in [-0.4, -0.2) is 59.0 Å². The van der Waals surface area contributed by atoms with E-state index in [0.717, 1.165) is 44.9 Å². The Bertz CT molecular complexity index is 666. The van der Waals surface area contributed by atoms with Gasteiger partial charge in [-0.15, -0.1) is 0 Å². The van der Waals surface area contributed by atoms with Crippen molar-refractivity contribution >= 4 is 13.7 Å². The lowest BCUT2D eigenvalue weighted by Gasteiger charge is -2.25. The van der Waals surface area contributed by atoms with Crippen LogP contribution in [-0.2, 0) is 18.4 Å². The molecule has 0 aromatic rings. The van der Waals surface area contributed by atoms with Crippen molar-refractivity contribution in [1.29, 1.82) is 0 Å². The first-order valence-electron chi connectivity index (χ1n) is 15.9. The standard InChI is InChI=1S/C30H61N2O7P/c1-3-5-7-9-11-13-14-16-18-20-22-29(34)28(26-39-40(36,37)38-24-23-31)32-30(35)25-27(33)21-19-17-15-12-10-8-6-4-2/h10,12,27-29,33-34H,3-9,11,13-26,31H2,1-2H3,(H,32,35)(H,36,37)/b12-10-. The van der Waals surface area contributed by atoms with Crippen LogP contribution in [0, 0.1) is 0 Å². The van der Waals surface area contributed by atoms with E-state index in [-0.39, 0.29) is 26.2 Å². The topological polar surface area (TPSA) is 151 Å². The highest BCUT2D eigenvalue weighted by Gasteiger charge is 2.28. The number of carbonyl (C=O) groups is 1. The molecule has 0 radical (unpaired) electrons. The molecular formula is C30H61N2O7P. The third kappa shape index (κ3) is 25.0. The molecule has 9 nitrogen and oxygen atoms in total. The Morgan fingerprint density at radius 1 is 0.825 bits per heavy atom. The molecule has 40 heavy (non-hydrogen) atoms. The average Bonchev–Trinajstić information content (AvgIpc) is 2.92. The Labute approximate surface area is 244 Å². The van der Waals surface area contributed by atoms with Crippen molar-refractivity contribution in [3.63, 3.8) is 0 Å². The second-order valence-electron chi connectivity index (χ2n) is 10.9. The van der Waals surface area contributed by atoms with Gasteiger partial charge in [0.15, 0.2) is 0 Å². The largest absolute Gasteiger partial charge is 0.472 e. The highest BCUT2D eigenvalue weighted by Crippen LogP contribution is 2.43. The van der Waals surface area contributed by atoms with Gasteiger partial charge in [-0.25, -0.2) is 4.57 Å². The smallest absolute Gasteiger partial charge is 0.393 e. The summed E-state index contributed by atoms with van der Waals surface area (Å²) in [5.41, 5.74) is 5.32. The number of phosphoric acid groups is 1. The minimum atomic E-state index is -4.36. The molecule has 1 amide bonds. The van der Waals surface area contributed by atoms with E-state index in [4.69, 9.17) is 14.8 Å². The Kier molecular flexibility index (Phi) is 26.5. The molecule has 0 fully saturated rings. The number of phosphoric ester groups is 1. The van der Waals surface area contributed by atoms with E-state index in [9.17, 15) is 24.5 Å². The van der Waals surface area contributed by atoms with Crippen LogP contribution in [0.2, 0.25) is 0 Å². The molecule has 0 heterocycles. The fourth-order valence-corrected chi connectivity index (χ4v) is 5.21. The minimum Gasteiger partial charge on any atom is -0.393 e. The summed E-state index contributed by atoms with van der Waals surface area (Å²) in [5, 5.41) is 23.8. The molecule has 0 bridgehead atoms. The van der Waals surface area contributed by atoms with Crippen LogP contribution in [0.1, 0.15) is 136 Å². The summed E-state index contributed by atoms with van der Waals surface area (Å²) in [4.78, 5) is 22.5. The highest BCUT2D eigenvalue weighted by molar-refractivity contribution is 7.47. The predicted molar refractivity (Wildman–Crippen MR) is 163 cm³/mol. The molecule has 0 aliphatic rings. The van der Waals surface area contributed by atoms with Crippen LogP contribution in [0.15, 0.2) is 12.2 Å². The number of amides is 1. The highest BCUT2D eigenvalue weighted by atomic mass is 31.2. The van der Waals surface area contributed by atoms with Gasteiger partial charge in [-0.2, -0.15) is 0 Å². The van der Waals surface area contributed by atoms with Gasteiger partial charge in [0.05, 0.1) is 37.9 Å². The fourth-order valence-electron chi connectivity index (χ4n) is 4.45. The van der Waals surface area contributed by atoms with Crippen molar-refractivity contribution in [3.8, 4) is 0 Å². The number of nitrogens with one attached hydrogen (secondary N) is 1. The van der Waals surface area contributed by atoms with E-state index >= 15 is 0 Å². The zero-order valence-corrected chi connectivity index (χ0v) is 26.3. The van der Waals surface area contributed by atoms with Gasteiger partial charge >= 0.3 is 7.82 Å². The van der Waals surface area contributed by atoms with Crippen molar-refractivity contribution in [3.05, 3.63) is 12.2 Å². The quantitative estimate of drug-likeness (QED) is 0.0386. The summed E-state index contributed by atoms with van der Waals surface area (Å²) in [6.07, 6.45) is 21.3. The first-order chi connectivity index (χ1) is 19.3. The first-order valence-corrected chi connectivity index (χ1v) is 17.4. The Balaban J connectivity index is 4.54. The monoisotopic (exact) mass is 592 g/mol. The SMILES string of the molecule is CCCC/C=C\CCCCC(O)CC(=O)NC(COP(=O)(O)OCCN)C(O)CCCCCCCCCCCC. The van der Waals surface area contributed by atoms with E-state index in [0.29, 0.717) is 12.8 Å². The Morgan fingerprint density at radius 3 is 1.98 bits per heavy atom. The normalized spacial score (nSPS) is 15.7. The van der Waals surface area contributed by atoms with Gasteiger partial charge in [0.25, 0.3) is 0 Å². The van der Waals surface area contributed by atoms with Gasteiger partial charge in [0, 0.05) is 6.54 Å². The van der Waals surface area contributed by atoms with Gasteiger partial charge in [0.2, 0.25) is 5.91 Å². The van der Waals surface area contributed by atoms with Gasteiger partial charge < -0.3 is 26.2 Å². The minimum absolute atomic E-state index is 0.0580. The number of unbranched alkanes of at least 4 members (excludes halogenated alkanes) is 13. The summed E-state index contributed by atoms with van der Waals surface area (Å²) >= 11 is 0. The zero-order chi connectivity index (χ0) is 29.9. The number of aliphatic hydroxyl groups excluding tert-OH is 2. The van der Waals surface area contributed by atoms with Crippen molar-refractivity contribution in [2.45, 2.75) is 154 Å². The number of aliphatic hydroxyl groups is 2. The summed E-state index contributed by atoms with van der Waals surface area (Å²) < 4.78 is 21.9. The number of allylic oxidation sites excluding steroid dienone is 2. The number of hydrogen-bond acceptors (Lipinski definition) is 7. The lowest BCUT2D eigenvalue weighted by atomic mass is 10.0. The lowest BCUT2D eigenvalue weighted by molar-refractivity contribution is -0.125. The molecule has 238 valence electrons. The Morgan fingerprint density at radius 2 is 1.38 bits per heavy atom. The molecule has 0 aliphatic carbocycles. The van der Waals surface area contributed by atoms with Gasteiger partial charge in [-0.3, -0.25) is 13.8 Å². The van der Waals surface area contributed by atoms with Crippen LogP contribution >= 0.6 is 7.82 Å². The number of hydrogen-bond donors (Lipinski definition) is 5. The van der Waals surface area contributed by atoms with Crippen LogP contribution in [0.3, 0.4) is 0 Å². The van der Waals surface area contributed by atoms with Crippen molar-refractivity contribution in [2.24, 2.45) is 5.73 Å². The second-order valence-corrected chi connectivity index (χ2v) is 12.3. The van der Waals surface area contributed by atoms with Gasteiger partial charge in [-0.1, -0.05) is 109 Å². The third-order valence-corrected chi connectivity index (χ3v) is 7.91. The molecule has 0 aromatic heterocycles. The number of carbonyl (C=O) groups excluding carboxylic acids is 1. The van der Waals surface area contributed by atoms with E-state index in [1.165, 1.54) is 57.8 Å². The lowest BCUT2D eigenvalue weighted by Crippen LogP contribution is -2.47. The van der Waals surface area contributed by atoms with Gasteiger partial charge in [-0.05, 0) is 32.1 Å². The summed E-state index contributed by atoms with van der Waals surface area (Å²) in [6.45, 7) is 3.91. The maximum atomic E-state index is 12.6. The van der Waals surface area contributed by atoms with Gasteiger partial charge in [0.1, 0.15) is 0 Å². The average molecular weight is 593 g/mol. The molecule has 6 N–H and O–H groups in total. The summed E-state index contributed by atoms with van der Waals surface area (Å²) in [7, 11) is -4.36. The molecule has 0 spiro atoms. The second kappa shape index (κ2) is 27.1. The predicted octanol–water partition coefficient (Wildman–Crippen LogP) is 6.29. The summed E-state index contributed by atoms with van der Waals surface area (Å²) in [6, 6.07) is -0.895. The van der Waals surface area contributed by atoms with Crippen LogP contribution in [0.5, 0.6) is 0 Å². The van der Waals surface area contributed by atoms with Crippen molar-refractivity contribution < 1.29 is 33.5 Å². The van der Waals surface area contributed by atoms with E-state index in [1.807, 2.05) is 0 Å². The number of rotatable bonds is 29. The molecule has 0 aromatic carbocycles. The first kappa shape index (κ1) is 39.2. The summed E-state index contributed by atoms with van der Waals surface area (Å²) in [5.74, 6) is -0.432. The molecule has 0 rings (SSSR count). The molecule has 4 atom stereocenters. The molecule has 4 unspecified atom stereocenters. The van der Waals surface area contributed by atoms with Crippen LogP contribution in [0.4, 0.5) is 0 Å². The van der Waals surface area contributed by atoms with E-state index in [2.05, 4.69) is 31.3 Å². The third-order valence-electron chi connectivity index (χ3n) is 6.92. The molecule has 10 heteroatoms. The maximum absolute atomic E-state index is 12.6. The van der Waals surface area contributed by atoms with Crippen LogP contribution < -0.4 is 11.1 Å². The molecule has 0 saturated heterocycles. The van der Waals surface area contributed by atoms with Crippen molar-refractivity contribution in [2.75, 3.05) is 19.8 Å². The van der Waals surface area contributed by atoms with Crippen molar-refractivity contribution in [1.82, 2.24) is 5.32 Å². The molecular weight excluding hydrogens is 531 g/mol. The number of nitrogens with two attached hydrogens (primary N) is 1. The zero-order valence-electron chi connectivity index (χ0n) is 25.4. The Hall–Kier alpha value is -0.800.